The van der Waals surface area contributed by atoms with E-state index in [-0.39, 0.29) is 21.7 Å². The summed E-state index contributed by atoms with van der Waals surface area (Å²) in [6.45, 7) is 1.94. The van der Waals surface area contributed by atoms with Crippen LogP contribution in [-0.2, 0) is 9.84 Å². The minimum atomic E-state index is -4.08. The van der Waals surface area contributed by atoms with Gasteiger partial charge in [-0.3, -0.25) is 0 Å². The first-order chi connectivity index (χ1) is 14.9. The molecule has 3 aromatic carbocycles. The minimum absolute atomic E-state index is 0.0480. The second-order valence-electron chi connectivity index (χ2n) is 6.83. The van der Waals surface area contributed by atoms with Crippen LogP contribution in [0.5, 0.6) is 5.75 Å². The molecule has 0 spiro atoms. The smallest absolute Gasteiger partial charge is 0.238 e. The molecule has 0 fully saturated rings. The topological polar surface area (TPSA) is 81.4 Å². The van der Waals surface area contributed by atoms with Crippen LogP contribution in [-0.4, -0.2) is 20.5 Å². The molecule has 0 aliphatic heterocycles. The summed E-state index contributed by atoms with van der Waals surface area (Å²) in [6, 6.07) is 18.9. The maximum absolute atomic E-state index is 13.3. The van der Waals surface area contributed by atoms with Crippen LogP contribution in [0.2, 0.25) is 0 Å². The summed E-state index contributed by atoms with van der Waals surface area (Å²) < 4.78 is 50.9. The van der Waals surface area contributed by atoms with Crippen LogP contribution in [0.1, 0.15) is 5.56 Å². The molecule has 0 amide bonds. The highest BCUT2D eigenvalue weighted by molar-refractivity contribution is 7.91. The number of anilines is 2. The van der Waals surface area contributed by atoms with E-state index in [0.29, 0.717) is 17.0 Å². The minimum Gasteiger partial charge on any atom is -0.497 e. The van der Waals surface area contributed by atoms with Crippen molar-refractivity contribution < 1.29 is 22.0 Å². The fraction of sp³-hybridized carbons (Fsp3) is 0.0870. The van der Waals surface area contributed by atoms with Crippen molar-refractivity contribution in [3.63, 3.8) is 0 Å². The van der Waals surface area contributed by atoms with Crippen LogP contribution in [0, 0.1) is 12.7 Å². The Morgan fingerprint density at radius 1 is 1.00 bits per heavy atom. The molecule has 0 aliphatic carbocycles. The number of benzene rings is 3. The monoisotopic (exact) mass is 438 g/mol. The second-order valence-corrected chi connectivity index (χ2v) is 8.70. The molecule has 158 valence electrons. The van der Waals surface area contributed by atoms with Gasteiger partial charge in [-0.2, -0.15) is 4.98 Å². The van der Waals surface area contributed by atoms with Gasteiger partial charge < -0.3 is 14.5 Å². The molecule has 31 heavy (non-hydrogen) atoms. The van der Waals surface area contributed by atoms with E-state index in [4.69, 9.17) is 9.15 Å². The number of rotatable bonds is 6. The van der Waals surface area contributed by atoms with Gasteiger partial charge in [-0.15, -0.1) is 0 Å². The number of ether oxygens (including phenoxy) is 1. The van der Waals surface area contributed by atoms with Gasteiger partial charge >= 0.3 is 0 Å². The number of aromatic nitrogens is 1. The van der Waals surface area contributed by atoms with Gasteiger partial charge in [0, 0.05) is 17.3 Å². The van der Waals surface area contributed by atoms with E-state index < -0.39 is 15.7 Å². The third-order valence-electron chi connectivity index (χ3n) is 4.60. The number of halogens is 1. The fourth-order valence-electron chi connectivity index (χ4n) is 2.94. The standard InChI is InChI=1S/C23H19FN2O4S/c1-15-6-8-16(9-7-15)21-26-23(31(27,28)20-12-10-17(24)11-13-20)22(30-21)25-18-4-3-5-19(14-18)29-2/h3-14,25H,1-2H3. The number of aryl methyl sites for hydroxylation is 1. The van der Waals surface area contributed by atoms with Crippen molar-refractivity contribution in [2.75, 3.05) is 12.4 Å². The van der Waals surface area contributed by atoms with Crippen LogP contribution in [0.3, 0.4) is 0 Å². The van der Waals surface area contributed by atoms with E-state index in [1.165, 1.54) is 19.2 Å². The third-order valence-corrected chi connectivity index (χ3v) is 6.28. The molecule has 6 nitrogen and oxygen atoms in total. The molecule has 0 bridgehead atoms. The van der Waals surface area contributed by atoms with Gasteiger partial charge in [0.2, 0.25) is 26.6 Å². The van der Waals surface area contributed by atoms with Gasteiger partial charge in [0.25, 0.3) is 0 Å². The predicted molar refractivity (Wildman–Crippen MR) is 115 cm³/mol. The molecular weight excluding hydrogens is 419 g/mol. The summed E-state index contributed by atoms with van der Waals surface area (Å²) in [4.78, 5) is 4.19. The van der Waals surface area contributed by atoms with E-state index in [2.05, 4.69) is 10.3 Å². The number of oxazole rings is 1. The van der Waals surface area contributed by atoms with Crippen molar-refractivity contribution in [2.45, 2.75) is 16.8 Å². The van der Waals surface area contributed by atoms with Crippen molar-refractivity contribution in [2.24, 2.45) is 0 Å². The van der Waals surface area contributed by atoms with Gasteiger partial charge in [0.05, 0.1) is 12.0 Å². The third kappa shape index (κ3) is 4.29. The lowest BCUT2D eigenvalue weighted by atomic mass is 10.1. The first kappa shape index (κ1) is 20.6. The lowest BCUT2D eigenvalue weighted by molar-refractivity contribution is 0.415. The first-order valence-electron chi connectivity index (χ1n) is 9.36. The first-order valence-corrected chi connectivity index (χ1v) is 10.8. The van der Waals surface area contributed by atoms with Crippen LogP contribution in [0.15, 0.2) is 87.1 Å². The van der Waals surface area contributed by atoms with Crippen molar-refractivity contribution in [1.82, 2.24) is 4.98 Å². The van der Waals surface area contributed by atoms with Crippen LogP contribution >= 0.6 is 0 Å². The molecule has 0 saturated heterocycles. The highest BCUT2D eigenvalue weighted by Crippen LogP contribution is 2.34. The molecule has 4 rings (SSSR count). The van der Waals surface area contributed by atoms with Crippen LogP contribution in [0.25, 0.3) is 11.5 Å². The molecule has 0 radical (unpaired) electrons. The predicted octanol–water partition coefficient (Wildman–Crippen LogP) is 5.37. The normalized spacial score (nSPS) is 11.3. The largest absolute Gasteiger partial charge is 0.497 e. The van der Waals surface area contributed by atoms with Gasteiger partial charge in [0.15, 0.2) is 0 Å². The van der Waals surface area contributed by atoms with E-state index >= 15 is 0 Å². The molecule has 4 aromatic rings. The second kappa shape index (κ2) is 8.23. The quantitative estimate of drug-likeness (QED) is 0.408. The Kier molecular flexibility index (Phi) is 5.48. The highest BCUT2D eigenvalue weighted by Gasteiger charge is 2.29. The molecule has 1 N–H and O–H groups in total. The summed E-state index contributed by atoms with van der Waals surface area (Å²) in [5.74, 6) is 0.152. The zero-order valence-electron chi connectivity index (χ0n) is 16.8. The molecule has 1 aromatic heterocycles. The molecular formula is C23H19FN2O4S. The number of nitrogens with one attached hydrogen (secondary N) is 1. The molecule has 0 atom stereocenters. The zero-order chi connectivity index (χ0) is 22.0. The Balaban J connectivity index is 1.83. The van der Waals surface area contributed by atoms with Gasteiger partial charge in [0.1, 0.15) is 11.6 Å². The van der Waals surface area contributed by atoms with E-state index in [1.807, 2.05) is 19.1 Å². The Morgan fingerprint density at radius 3 is 2.39 bits per heavy atom. The van der Waals surface area contributed by atoms with Crippen molar-refractivity contribution in [1.29, 1.82) is 0 Å². The Hall–Kier alpha value is -3.65. The number of hydrogen-bond acceptors (Lipinski definition) is 6. The van der Waals surface area contributed by atoms with Gasteiger partial charge in [-0.1, -0.05) is 23.8 Å². The number of sulfone groups is 1. The summed E-state index contributed by atoms with van der Waals surface area (Å²) in [5.41, 5.74) is 2.23. The maximum atomic E-state index is 13.3. The maximum Gasteiger partial charge on any atom is 0.238 e. The molecule has 0 saturated carbocycles. The molecule has 0 aliphatic rings. The highest BCUT2D eigenvalue weighted by atomic mass is 32.2. The average Bonchev–Trinajstić information content (AvgIpc) is 3.19. The van der Waals surface area contributed by atoms with Crippen LogP contribution in [0.4, 0.5) is 16.0 Å². The Labute approximate surface area is 179 Å². The van der Waals surface area contributed by atoms with Crippen molar-refractivity contribution in [3.8, 4) is 17.2 Å². The lowest BCUT2D eigenvalue weighted by Gasteiger charge is -2.07. The number of nitrogens with zero attached hydrogens (tertiary/aromatic N) is 1. The summed E-state index contributed by atoms with van der Waals surface area (Å²) >= 11 is 0. The van der Waals surface area contributed by atoms with Crippen LogP contribution < -0.4 is 10.1 Å². The summed E-state index contributed by atoms with van der Waals surface area (Å²) in [5, 5.41) is 2.68. The number of hydrogen-bond donors (Lipinski definition) is 1. The SMILES string of the molecule is COc1cccc(Nc2oc(-c3ccc(C)cc3)nc2S(=O)(=O)c2ccc(F)cc2)c1. The Bertz CT molecular complexity index is 1310. The van der Waals surface area contributed by atoms with E-state index in [1.54, 1.807) is 36.4 Å². The summed E-state index contributed by atoms with van der Waals surface area (Å²) in [7, 11) is -2.55. The van der Waals surface area contributed by atoms with E-state index in [0.717, 1.165) is 17.7 Å². The Morgan fingerprint density at radius 2 is 1.71 bits per heavy atom. The van der Waals surface area contributed by atoms with E-state index in [9.17, 15) is 12.8 Å². The zero-order valence-corrected chi connectivity index (χ0v) is 17.6. The number of methoxy groups -OCH3 is 1. The average molecular weight is 438 g/mol. The van der Waals surface area contributed by atoms with Gasteiger partial charge in [-0.25, -0.2) is 12.8 Å². The lowest BCUT2D eigenvalue weighted by Crippen LogP contribution is -2.05. The fourth-order valence-corrected chi connectivity index (χ4v) is 4.20. The molecule has 8 heteroatoms. The van der Waals surface area contributed by atoms with Gasteiger partial charge in [-0.05, 0) is 55.5 Å². The molecule has 1 heterocycles. The molecule has 0 unspecified atom stereocenters. The summed E-state index contributed by atoms with van der Waals surface area (Å²) in [6.07, 6.45) is 0. The van der Waals surface area contributed by atoms with Crippen molar-refractivity contribution >= 4 is 21.4 Å². The van der Waals surface area contributed by atoms with Crippen molar-refractivity contribution in [3.05, 3.63) is 84.2 Å².